The Morgan fingerprint density at radius 3 is 2.62 bits per heavy atom. The third-order valence-corrected chi connectivity index (χ3v) is 2.73. The summed E-state index contributed by atoms with van der Waals surface area (Å²) in [5, 5.41) is 9.72. The lowest BCUT2D eigenvalue weighted by molar-refractivity contribution is -0.139. The topological polar surface area (TPSA) is 69.6 Å². The average molecular weight is 307 g/mol. The number of hydrogen-bond donors (Lipinski definition) is 1. The highest BCUT2D eigenvalue weighted by molar-refractivity contribution is 5.63. The number of aryl methyl sites for hydroxylation is 1. The number of aromatic nitrogens is 4. The predicted octanol–water partition coefficient (Wildman–Crippen LogP) is 2.27. The molecule has 0 saturated carbocycles. The number of nitrogens with two attached hydrogens (primary N) is 1. The minimum Gasteiger partial charge on any atom is -0.399 e. The van der Waals surface area contributed by atoms with Crippen LogP contribution in [0, 0.1) is 12.7 Å². The molecule has 0 bridgehead atoms. The standard InChI is InChI=1S/C11H10F5N5/c1-5-2-6(17)3-7(8(5)12)9-18-19-20-21(9)4-11(15,16)10(13)14/h2-3,10H,4,17H2,1H3. The van der Waals surface area contributed by atoms with Crippen molar-refractivity contribution in [2.75, 3.05) is 5.73 Å². The summed E-state index contributed by atoms with van der Waals surface area (Å²) in [5.41, 5.74) is 5.63. The monoisotopic (exact) mass is 307 g/mol. The molecule has 5 nitrogen and oxygen atoms in total. The molecule has 1 aromatic carbocycles. The van der Waals surface area contributed by atoms with Crippen LogP contribution in [0.1, 0.15) is 5.56 Å². The highest BCUT2D eigenvalue weighted by Gasteiger charge is 2.42. The van der Waals surface area contributed by atoms with Crippen LogP contribution in [0.15, 0.2) is 12.1 Å². The van der Waals surface area contributed by atoms with Crippen molar-refractivity contribution in [3.8, 4) is 11.4 Å². The average Bonchev–Trinajstić information content (AvgIpc) is 2.80. The first kappa shape index (κ1) is 15.1. The van der Waals surface area contributed by atoms with Gasteiger partial charge in [-0.2, -0.15) is 8.78 Å². The summed E-state index contributed by atoms with van der Waals surface area (Å²) in [5.74, 6) is -5.50. The van der Waals surface area contributed by atoms with Crippen LogP contribution in [0.25, 0.3) is 11.4 Å². The van der Waals surface area contributed by atoms with Crippen molar-refractivity contribution in [3.63, 3.8) is 0 Å². The van der Waals surface area contributed by atoms with Crippen LogP contribution in [0.3, 0.4) is 0 Å². The Kier molecular flexibility index (Phi) is 3.79. The normalized spacial score (nSPS) is 12.1. The molecule has 10 heteroatoms. The van der Waals surface area contributed by atoms with E-state index in [4.69, 9.17) is 5.73 Å². The van der Waals surface area contributed by atoms with E-state index >= 15 is 0 Å². The lowest BCUT2D eigenvalue weighted by Crippen LogP contribution is -2.33. The maximum Gasteiger partial charge on any atom is 0.326 e. The van der Waals surface area contributed by atoms with Crippen molar-refractivity contribution in [1.82, 2.24) is 20.2 Å². The van der Waals surface area contributed by atoms with Crippen molar-refractivity contribution in [2.45, 2.75) is 25.8 Å². The van der Waals surface area contributed by atoms with Gasteiger partial charge in [-0.25, -0.2) is 17.9 Å². The fourth-order valence-electron chi connectivity index (χ4n) is 1.73. The van der Waals surface area contributed by atoms with E-state index in [2.05, 4.69) is 15.5 Å². The lowest BCUT2D eigenvalue weighted by atomic mass is 10.1. The summed E-state index contributed by atoms with van der Waals surface area (Å²) in [6.07, 6.45) is -3.89. The molecule has 114 valence electrons. The van der Waals surface area contributed by atoms with Gasteiger partial charge < -0.3 is 5.73 Å². The molecule has 0 saturated heterocycles. The number of nitrogens with zero attached hydrogens (tertiary/aromatic N) is 4. The fourth-order valence-corrected chi connectivity index (χ4v) is 1.73. The predicted molar refractivity (Wildman–Crippen MR) is 63.3 cm³/mol. The Labute approximate surface area is 115 Å². The summed E-state index contributed by atoms with van der Waals surface area (Å²) in [7, 11) is 0. The molecule has 2 rings (SSSR count). The van der Waals surface area contributed by atoms with Gasteiger partial charge in [0.2, 0.25) is 0 Å². The van der Waals surface area contributed by atoms with Crippen molar-refractivity contribution in [2.24, 2.45) is 0 Å². The van der Waals surface area contributed by atoms with Gasteiger partial charge in [0.25, 0.3) is 0 Å². The lowest BCUT2D eigenvalue weighted by Gasteiger charge is -2.15. The van der Waals surface area contributed by atoms with Crippen LogP contribution in [0.4, 0.5) is 27.6 Å². The summed E-state index contributed by atoms with van der Waals surface area (Å²) in [4.78, 5) is 0. The second-order valence-electron chi connectivity index (χ2n) is 4.42. The number of halogens is 5. The quantitative estimate of drug-likeness (QED) is 0.695. The second-order valence-corrected chi connectivity index (χ2v) is 4.42. The van der Waals surface area contributed by atoms with Crippen LogP contribution in [0.2, 0.25) is 0 Å². The molecular weight excluding hydrogens is 297 g/mol. The molecule has 0 aliphatic rings. The first-order chi connectivity index (χ1) is 9.72. The molecule has 0 aliphatic carbocycles. The van der Waals surface area contributed by atoms with Gasteiger partial charge in [0.1, 0.15) is 12.4 Å². The molecule has 0 unspecified atom stereocenters. The van der Waals surface area contributed by atoms with E-state index < -0.39 is 30.5 Å². The number of alkyl halides is 4. The largest absolute Gasteiger partial charge is 0.399 e. The van der Waals surface area contributed by atoms with Gasteiger partial charge in [-0.3, -0.25) is 0 Å². The molecule has 0 radical (unpaired) electrons. The van der Waals surface area contributed by atoms with Crippen molar-refractivity contribution >= 4 is 5.69 Å². The maximum atomic E-state index is 14.0. The summed E-state index contributed by atoms with van der Waals surface area (Å²) >= 11 is 0. The Hall–Kier alpha value is -2.26. The van der Waals surface area contributed by atoms with E-state index in [9.17, 15) is 22.0 Å². The highest BCUT2D eigenvalue weighted by Crippen LogP contribution is 2.29. The third kappa shape index (κ3) is 2.93. The maximum absolute atomic E-state index is 14.0. The van der Waals surface area contributed by atoms with Gasteiger partial charge in [0.15, 0.2) is 5.82 Å². The van der Waals surface area contributed by atoms with E-state index in [1.165, 1.54) is 13.0 Å². The van der Waals surface area contributed by atoms with E-state index in [1.807, 2.05) is 0 Å². The Bertz CT molecular complexity index is 654. The van der Waals surface area contributed by atoms with Gasteiger partial charge in [-0.1, -0.05) is 0 Å². The molecule has 0 fully saturated rings. The van der Waals surface area contributed by atoms with Gasteiger partial charge in [-0.15, -0.1) is 5.10 Å². The Balaban J connectivity index is 2.47. The first-order valence-corrected chi connectivity index (χ1v) is 5.70. The minimum atomic E-state index is -4.34. The summed E-state index contributed by atoms with van der Waals surface area (Å²) in [6, 6.07) is 2.48. The molecule has 0 aliphatic heterocycles. The smallest absolute Gasteiger partial charge is 0.326 e. The molecule has 1 heterocycles. The number of nitrogen functional groups attached to an aromatic ring is 1. The van der Waals surface area contributed by atoms with Crippen LogP contribution >= 0.6 is 0 Å². The van der Waals surface area contributed by atoms with Crippen LogP contribution in [0.5, 0.6) is 0 Å². The zero-order valence-corrected chi connectivity index (χ0v) is 10.7. The van der Waals surface area contributed by atoms with E-state index in [0.717, 1.165) is 6.07 Å². The third-order valence-electron chi connectivity index (χ3n) is 2.73. The summed E-state index contributed by atoms with van der Waals surface area (Å²) < 4.78 is 65.0. The zero-order valence-electron chi connectivity index (χ0n) is 10.7. The van der Waals surface area contributed by atoms with E-state index in [0.29, 0.717) is 4.68 Å². The molecule has 0 amide bonds. The number of anilines is 1. The minimum absolute atomic E-state index is 0.153. The zero-order chi connectivity index (χ0) is 15.8. The molecule has 0 atom stereocenters. The second kappa shape index (κ2) is 5.26. The SMILES string of the molecule is Cc1cc(N)cc(-c2nnnn2CC(F)(F)C(F)F)c1F. The number of rotatable bonds is 4. The molecule has 0 spiro atoms. The van der Waals surface area contributed by atoms with Crippen molar-refractivity contribution in [3.05, 3.63) is 23.5 Å². The van der Waals surface area contributed by atoms with Crippen LogP contribution < -0.4 is 5.73 Å². The molecule has 2 aromatic rings. The fraction of sp³-hybridized carbons (Fsp3) is 0.364. The molecule has 2 N–H and O–H groups in total. The van der Waals surface area contributed by atoms with Gasteiger partial charge >= 0.3 is 12.3 Å². The van der Waals surface area contributed by atoms with Gasteiger partial charge in [0.05, 0.1) is 5.56 Å². The van der Waals surface area contributed by atoms with Crippen LogP contribution in [-0.2, 0) is 6.54 Å². The Morgan fingerprint density at radius 1 is 1.33 bits per heavy atom. The van der Waals surface area contributed by atoms with Gasteiger partial charge in [-0.05, 0) is 35.0 Å². The molecular formula is C11H10F5N5. The number of benzene rings is 1. The molecule has 1 aromatic heterocycles. The van der Waals surface area contributed by atoms with Crippen molar-refractivity contribution in [1.29, 1.82) is 0 Å². The first-order valence-electron chi connectivity index (χ1n) is 5.70. The van der Waals surface area contributed by atoms with Gasteiger partial charge in [0, 0.05) is 5.69 Å². The summed E-state index contributed by atoms with van der Waals surface area (Å²) in [6.45, 7) is -0.0582. The number of tetrazole rings is 1. The van der Waals surface area contributed by atoms with Crippen molar-refractivity contribution < 1.29 is 22.0 Å². The van der Waals surface area contributed by atoms with E-state index in [-0.39, 0.29) is 16.8 Å². The number of hydrogen-bond acceptors (Lipinski definition) is 4. The highest BCUT2D eigenvalue weighted by atomic mass is 19.3. The van der Waals surface area contributed by atoms with E-state index in [1.54, 1.807) is 0 Å². The Morgan fingerprint density at radius 2 is 2.00 bits per heavy atom. The molecule has 21 heavy (non-hydrogen) atoms. The van der Waals surface area contributed by atoms with Crippen LogP contribution in [-0.4, -0.2) is 32.6 Å².